The molecular formula is C13H21N3O3. The molecule has 1 rings (SSSR count). The molecule has 1 heterocycles. The monoisotopic (exact) mass is 267 g/mol. The van der Waals surface area contributed by atoms with E-state index in [-0.39, 0.29) is 30.6 Å². The van der Waals surface area contributed by atoms with E-state index in [0.29, 0.717) is 5.82 Å². The van der Waals surface area contributed by atoms with Crippen LogP contribution in [0.4, 0.5) is 5.82 Å². The molecule has 1 N–H and O–H groups in total. The second kappa shape index (κ2) is 6.36. The van der Waals surface area contributed by atoms with Gasteiger partial charge in [-0.2, -0.15) is 0 Å². The summed E-state index contributed by atoms with van der Waals surface area (Å²) in [5.74, 6) is -0.571. The van der Waals surface area contributed by atoms with Crippen LogP contribution in [-0.4, -0.2) is 33.2 Å². The van der Waals surface area contributed by atoms with Gasteiger partial charge in [0.05, 0.1) is 6.42 Å². The number of aromatic nitrogens is 2. The maximum atomic E-state index is 12.3. The predicted octanol–water partition coefficient (Wildman–Crippen LogP) is 1.51. The summed E-state index contributed by atoms with van der Waals surface area (Å²) in [5.41, 5.74) is -0.184. The summed E-state index contributed by atoms with van der Waals surface area (Å²) in [6.45, 7) is 7.94. The van der Waals surface area contributed by atoms with Crippen LogP contribution < -0.4 is 10.5 Å². The van der Waals surface area contributed by atoms with Crippen molar-refractivity contribution >= 4 is 11.8 Å². The first-order valence-corrected chi connectivity index (χ1v) is 6.40. The molecule has 1 aromatic rings. The van der Waals surface area contributed by atoms with Crippen molar-refractivity contribution in [3.63, 3.8) is 0 Å². The Morgan fingerprint density at radius 2 is 2.05 bits per heavy atom. The summed E-state index contributed by atoms with van der Waals surface area (Å²) < 4.78 is 1.60. The highest BCUT2D eigenvalue weighted by atomic mass is 16.4. The van der Waals surface area contributed by atoms with Gasteiger partial charge >= 0.3 is 5.97 Å². The average Bonchev–Trinajstić information content (AvgIpc) is 2.30. The van der Waals surface area contributed by atoms with Gasteiger partial charge in [0.25, 0.3) is 5.56 Å². The van der Waals surface area contributed by atoms with E-state index in [1.54, 1.807) is 21.9 Å². The lowest BCUT2D eigenvalue weighted by atomic mass is 10.2. The van der Waals surface area contributed by atoms with Crippen LogP contribution in [0.1, 0.15) is 40.2 Å². The normalized spacial score (nSPS) is 11.1. The second-order valence-electron chi connectivity index (χ2n) is 4.99. The number of hydrogen-bond donors (Lipinski definition) is 1. The molecule has 0 aromatic carbocycles. The van der Waals surface area contributed by atoms with E-state index in [1.807, 2.05) is 27.7 Å². The summed E-state index contributed by atoms with van der Waals surface area (Å²) in [4.78, 5) is 28.9. The van der Waals surface area contributed by atoms with Gasteiger partial charge in [-0.25, -0.2) is 4.98 Å². The Labute approximate surface area is 112 Å². The van der Waals surface area contributed by atoms with Gasteiger partial charge in [0.1, 0.15) is 0 Å². The van der Waals surface area contributed by atoms with Gasteiger partial charge in [0.2, 0.25) is 0 Å². The van der Waals surface area contributed by atoms with Crippen LogP contribution in [0.2, 0.25) is 0 Å². The molecule has 0 atom stereocenters. The number of carbonyl (C=O) groups is 1. The largest absolute Gasteiger partial charge is 0.481 e. The molecule has 0 radical (unpaired) electrons. The third kappa shape index (κ3) is 3.81. The van der Waals surface area contributed by atoms with Crippen LogP contribution >= 0.6 is 0 Å². The smallest absolute Gasteiger partial charge is 0.305 e. The third-order valence-electron chi connectivity index (χ3n) is 2.87. The molecule has 0 aliphatic carbocycles. The van der Waals surface area contributed by atoms with Crippen molar-refractivity contribution in [2.75, 3.05) is 11.4 Å². The van der Waals surface area contributed by atoms with Crippen molar-refractivity contribution in [1.82, 2.24) is 9.55 Å². The summed E-state index contributed by atoms with van der Waals surface area (Å²) >= 11 is 0. The number of aliphatic carboxylic acids is 1. The zero-order valence-electron chi connectivity index (χ0n) is 11.8. The predicted molar refractivity (Wildman–Crippen MR) is 73.6 cm³/mol. The maximum absolute atomic E-state index is 12.3. The van der Waals surface area contributed by atoms with Gasteiger partial charge < -0.3 is 14.6 Å². The van der Waals surface area contributed by atoms with Gasteiger partial charge in [0.15, 0.2) is 5.82 Å². The highest BCUT2D eigenvalue weighted by Crippen LogP contribution is 2.11. The molecule has 6 heteroatoms. The minimum atomic E-state index is -0.884. The summed E-state index contributed by atoms with van der Waals surface area (Å²) in [5, 5.41) is 8.77. The van der Waals surface area contributed by atoms with E-state index in [0.717, 1.165) is 0 Å². The van der Waals surface area contributed by atoms with Gasteiger partial charge in [0, 0.05) is 31.0 Å². The van der Waals surface area contributed by atoms with Crippen LogP contribution in [0.3, 0.4) is 0 Å². The van der Waals surface area contributed by atoms with Crippen molar-refractivity contribution in [2.24, 2.45) is 0 Å². The van der Waals surface area contributed by atoms with Crippen LogP contribution in [0.25, 0.3) is 0 Å². The summed E-state index contributed by atoms with van der Waals surface area (Å²) in [7, 11) is 0. The number of hydrogen-bond acceptors (Lipinski definition) is 4. The number of anilines is 1. The highest BCUT2D eigenvalue weighted by molar-refractivity contribution is 5.67. The fraction of sp³-hybridized carbons (Fsp3) is 0.615. The molecule has 0 saturated carbocycles. The number of rotatable bonds is 6. The highest BCUT2D eigenvalue weighted by Gasteiger charge is 2.18. The van der Waals surface area contributed by atoms with Crippen molar-refractivity contribution in [3.05, 3.63) is 22.7 Å². The fourth-order valence-corrected chi connectivity index (χ4v) is 1.84. The molecule has 6 nitrogen and oxygen atoms in total. The topological polar surface area (TPSA) is 75.4 Å². The zero-order chi connectivity index (χ0) is 14.6. The van der Waals surface area contributed by atoms with Gasteiger partial charge in [-0.1, -0.05) is 0 Å². The molecule has 0 aliphatic heterocycles. The van der Waals surface area contributed by atoms with E-state index in [2.05, 4.69) is 4.98 Å². The molecule has 0 aliphatic rings. The molecule has 1 aromatic heterocycles. The van der Waals surface area contributed by atoms with Gasteiger partial charge in [-0.05, 0) is 27.7 Å². The SMILES string of the molecule is CC(C)N(CCC(=O)O)c1nccn(C(C)C)c1=O. The number of nitrogens with zero attached hydrogens (tertiary/aromatic N) is 3. The Morgan fingerprint density at radius 3 is 2.53 bits per heavy atom. The van der Waals surface area contributed by atoms with E-state index < -0.39 is 5.97 Å². The zero-order valence-corrected chi connectivity index (χ0v) is 11.8. The van der Waals surface area contributed by atoms with Crippen LogP contribution in [0.5, 0.6) is 0 Å². The molecule has 0 spiro atoms. The summed E-state index contributed by atoms with van der Waals surface area (Å²) in [6, 6.07) is 0.0605. The molecule has 0 bridgehead atoms. The number of carboxylic acid groups (broad SMARTS) is 1. The Bertz CT molecular complexity index is 494. The number of carboxylic acids is 1. The Kier molecular flexibility index (Phi) is 5.09. The van der Waals surface area contributed by atoms with E-state index in [4.69, 9.17) is 5.11 Å². The fourth-order valence-electron chi connectivity index (χ4n) is 1.84. The van der Waals surface area contributed by atoms with Crippen molar-refractivity contribution in [3.8, 4) is 0 Å². The molecule has 0 unspecified atom stereocenters. The van der Waals surface area contributed by atoms with Crippen molar-refractivity contribution in [1.29, 1.82) is 0 Å². The van der Waals surface area contributed by atoms with Crippen LogP contribution in [0.15, 0.2) is 17.2 Å². The minimum Gasteiger partial charge on any atom is -0.481 e. The lowest BCUT2D eigenvalue weighted by Gasteiger charge is -2.27. The minimum absolute atomic E-state index is 0.0163. The third-order valence-corrected chi connectivity index (χ3v) is 2.87. The Hall–Kier alpha value is -1.85. The van der Waals surface area contributed by atoms with E-state index in [9.17, 15) is 9.59 Å². The van der Waals surface area contributed by atoms with Crippen LogP contribution in [0, 0.1) is 0 Å². The molecule has 0 amide bonds. The standard InChI is InChI=1S/C13H21N3O3/c1-9(2)15(7-5-11(17)18)12-13(19)16(10(3)4)8-6-14-12/h6,8-10H,5,7H2,1-4H3,(H,17,18). The summed E-state index contributed by atoms with van der Waals surface area (Å²) in [6.07, 6.45) is 3.20. The van der Waals surface area contributed by atoms with Crippen LogP contribution in [-0.2, 0) is 4.79 Å². The van der Waals surface area contributed by atoms with Gasteiger partial charge in [-0.15, -0.1) is 0 Å². The molecule has 0 fully saturated rings. The molecule has 0 saturated heterocycles. The van der Waals surface area contributed by atoms with Crippen molar-refractivity contribution < 1.29 is 9.90 Å². The molecule has 106 valence electrons. The average molecular weight is 267 g/mol. The second-order valence-corrected chi connectivity index (χ2v) is 4.99. The van der Waals surface area contributed by atoms with E-state index in [1.165, 1.54) is 0 Å². The first kappa shape index (κ1) is 15.2. The lowest BCUT2D eigenvalue weighted by molar-refractivity contribution is -0.136. The molecule has 19 heavy (non-hydrogen) atoms. The van der Waals surface area contributed by atoms with Gasteiger partial charge in [-0.3, -0.25) is 9.59 Å². The lowest BCUT2D eigenvalue weighted by Crippen LogP contribution is -2.39. The maximum Gasteiger partial charge on any atom is 0.305 e. The quantitative estimate of drug-likeness (QED) is 0.845. The molecular weight excluding hydrogens is 246 g/mol. The first-order valence-electron chi connectivity index (χ1n) is 6.40. The first-order chi connectivity index (χ1) is 8.84. The van der Waals surface area contributed by atoms with E-state index >= 15 is 0 Å². The Balaban J connectivity index is 3.13. The Morgan fingerprint density at radius 1 is 1.42 bits per heavy atom. The van der Waals surface area contributed by atoms with Crippen molar-refractivity contribution in [2.45, 2.75) is 46.2 Å².